The van der Waals surface area contributed by atoms with E-state index in [0.29, 0.717) is 5.92 Å². The second kappa shape index (κ2) is 9.62. The first kappa shape index (κ1) is 22.2. The van der Waals surface area contributed by atoms with E-state index in [1.165, 1.54) is 44.1 Å². The summed E-state index contributed by atoms with van der Waals surface area (Å²) in [5, 5.41) is 2.50. The average molecular weight is 445 g/mol. The number of fused-ring (bicyclic) bond motifs is 1. The average Bonchev–Trinajstić information content (AvgIpc) is 3.14. The van der Waals surface area contributed by atoms with Gasteiger partial charge in [-0.15, -0.1) is 11.3 Å². The van der Waals surface area contributed by atoms with Crippen LogP contribution in [0.2, 0.25) is 0 Å². The summed E-state index contributed by atoms with van der Waals surface area (Å²) in [4.78, 5) is 0. The fourth-order valence-electron chi connectivity index (χ4n) is 3.95. The third-order valence-electron chi connectivity index (χ3n) is 5.82. The molecule has 1 aromatic heterocycles. The van der Waals surface area contributed by atoms with Crippen LogP contribution in [-0.4, -0.2) is 0 Å². The third-order valence-corrected chi connectivity index (χ3v) is 6.96. The van der Waals surface area contributed by atoms with Gasteiger partial charge in [-0.25, -0.2) is 8.78 Å². The number of thiophene rings is 1. The normalized spacial score (nSPS) is 13.6. The predicted octanol–water partition coefficient (Wildman–Crippen LogP) is 7.09. The number of halogens is 2. The van der Waals surface area contributed by atoms with Crippen molar-refractivity contribution in [3.8, 4) is 0 Å². The first-order valence-corrected chi connectivity index (χ1v) is 11.7. The maximum atomic E-state index is 13.3. The Labute approximate surface area is 191 Å². The quantitative estimate of drug-likeness (QED) is 0.298. The van der Waals surface area contributed by atoms with Crippen LogP contribution in [0.5, 0.6) is 0 Å². The Morgan fingerprint density at radius 1 is 0.938 bits per heavy atom. The van der Waals surface area contributed by atoms with E-state index >= 15 is 0 Å². The van der Waals surface area contributed by atoms with Crippen molar-refractivity contribution in [3.05, 3.63) is 111 Å². The smallest absolute Gasteiger partial charge is 0.123 e. The molecular weight excluding hydrogens is 418 g/mol. The van der Waals surface area contributed by atoms with Gasteiger partial charge in [0.25, 0.3) is 0 Å². The van der Waals surface area contributed by atoms with Crippen LogP contribution in [0, 0.1) is 17.6 Å². The zero-order valence-electron chi connectivity index (χ0n) is 18.4. The molecule has 0 spiro atoms. The first-order chi connectivity index (χ1) is 15.4. The van der Waals surface area contributed by atoms with Crippen molar-refractivity contribution < 1.29 is 8.78 Å². The van der Waals surface area contributed by atoms with E-state index < -0.39 is 0 Å². The molecule has 3 aromatic carbocycles. The van der Waals surface area contributed by atoms with Crippen molar-refractivity contribution >= 4 is 39.1 Å². The van der Waals surface area contributed by atoms with Crippen LogP contribution in [0.4, 0.5) is 8.78 Å². The maximum absolute atomic E-state index is 13.3. The van der Waals surface area contributed by atoms with Crippen molar-refractivity contribution in [2.45, 2.75) is 26.7 Å². The Hall–Kier alpha value is -3.04. The van der Waals surface area contributed by atoms with Crippen molar-refractivity contribution in [3.63, 3.8) is 0 Å². The van der Waals surface area contributed by atoms with E-state index in [4.69, 9.17) is 0 Å². The van der Waals surface area contributed by atoms with Gasteiger partial charge in [-0.1, -0.05) is 62.1 Å². The van der Waals surface area contributed by atoms with Crippen molar-refractivity contribution in [2.75, 3.05) is 0 Å². The highest BCUT2D eigenvalue weighted by Gasteiger charge is 2.08. The summed E-state index contributed by atoms with van der Waals surface area (Å²) in [5.74, 6) is -0.0317. The topological polar surface area (TPSA) is 0 Å². The summed E-state index contributed by atoms with van der Waals surface area (Å²) < 4.78 is 28.9. The second-order valence-corrected chi connectivity index (χ2v) is 9.26. The van der Waals surface area contributed by atoms with Crippen LogP contribution in [0.3, 0.4) is 0 Å². The summed E-state index contributed by atoms with van der Waals surface area (Å²) in [6, 6.07) is 19.7. The number of hydrogen-bond acceptors (Lipinski definition) is 1. The molecule has 4 aromatic rings. The molecule has 162 valence electrons. The molecule has 0 nitrogen and oxygen atoms in total. The minimum Gasteiger partial charge on any atom is -0.207 e. The molecule has 32 heavy (non-hydrogen) atoms. The van der Waals surface area contributed by atoms with E-state index in [1.54, 1.807) is 23.5 Å². The first-order valence-electron chi connectivity index (χ1n) is 10.8. The predicted molar refractivity (Wildman–Crippen MR) is 134 cm³/mol. The van der Waals surface area contributed by atoms with Crippen LogP contribution in [-0.2, 0) is 6.42 Å². The van der Waals surface area contributed by atoms with Gasteiger partial charge in [0.1, 0.15) is 11.6 Å². The monoisotopic (exact) mass is 444 g/mol. The Morgan fingerprint density at radius 3 is 2.22 bits per heavy atom. The number of rotatable bonds is 6. The molecule has 0 saturated heterocycles. The van der Waals surface area contributed by atoms with Gasteiger partial charge in [-0.3, -0.25) is 0 Å². The third kappa shape index (κ3) is 4.89. The largest absolute Gasteiger partial charge is 0.207 e. The molecule has 0 aliphatic carbocycles. The molecule has 0 aliphatic rings. The Kier molecular flexibility index (Phi) is 6.66. The lowest BCUT2D eigenvalue weighted by Crippen LogP contribution is -2.19. The molecule has 0 radical (unpaired) electrons. The van der Waals surface area contributed by atoms with E-state index in [9.17, 15) is 8.78 Å². The molecule has 4 rings (SSSR count). The lowest BCUT2D eigenvalue weighted by Gasteiger charge is -2.06. The molecule has 0 fully saturated rings. The van der Waals surface area contributed by atoms with E-state index in [1.807, 2.05) is 12.1 Å². The van der Waals surface area contributed by atoms with Crippen molar-refractivity contribution in [1.29, 1.82) is 0 Å². The molecular formula is C29H26F2S. The summed E-state index contributed by atoms with van der Waals surface area (Å²) in [5.41, 5.74) is 4.02. The van der Waals surface area contributed by atoms with Gasteiger partial charge in [0.2, 0.25) is 0 Å². The number of aryl methyl sites for hydroxylation is 1. The molecule has 0 aliphatic heterocycles. The van der Waals surface area contributed by atoms with Crippen molar-refractivity contribution in [2.24, 2.45) is 5.92 Å². The summed E-state index contributed by atoms with van der Waals surface area (Å²) >= 11 is 1.79. The minimum absolute atomic E-state index is 0.191. The Bertz CT molecular complexity index is 1360. The second-order valence-electron chi connectivity index (χ2n) is 8.17. The molecule has 0 amide bonds. The highest BCUT2D eigenvalue weighted by atomic mass is 32.1. The standard InChI is InChI=1S/C29H26F2S/c1-4-26-27-16-11-23(20(3)22-9-14-25(31)15-10-22)18-29(27)32-28(26)17-19(2)5-6-21-7-12-24(30)13-8-21/h4,7-19H,3,5-6H2,1-2H3/b26-4-,28-17+. The molecule has 0 saturated carbocycles. The van der Waals surface area contributed by atoms with Crippen LogP contribution < -0.4 is 9.75 Å². The summed E-state index contributed by atoms with van der Waals surface area (Å²) in [7, 11) is 0. The van der Waals surface area contributed by atoms with Crippen LogP contribution in [0.15, 0.2) is 73.3 Å². The van der Waals surface area contributed by atoms with E-state index in [2.05, 4.69) is 50.8 Å². The van der Waals surface area contributed by atoms with Gasteiger partial charge in [-0.2, -0.15) is 0 Å². The zero-order valence-corrected chi connectivity index (χ0v) is 19.2. The van der Waals surface area contributed by atoms with Gasteiger partial charge in [0.15, 0.2) is 0 Å². The van der Waals surface area contributed by atoms with Gasteiger partial charge in [0, 0.05) is 14.6 Å². The molecule has 1 heterocycles. The van der Waals surface area contributed by atoms with Gasteiger partial charge in [0.05, 0.1) is 0 Å². The lowest BCUT2D eigenvalue weighted by atomic mass is 9.98. The van der Waals surface area contributed by atoms with Gasteiger partial charge >= 0.3 is 0 Å². The van der Waals surface area contributed by atoms with Crippen molar-refractivity contribution in [1.82, 2.24) is 0 Å². The van der Waals surface area contributed by atoms with E-state index in [0.717, 1.165) is 35.1 Å². The lowest BCUT2D eigenvalue weighted by molar-refractivity contribution is 0.625. The number of hydrogen-bond donors (Lipinski definition) is 0. The van der Waals surface area contributed by atoms with Gasteiger partial charge in [-0.05, 0) is 83.5 Å². The SMILES string of the molecule is C=C(c1ccc(F)cc1)c1ccc2c(=C/C)/c(=C\C(C)CCc3ccc(F)cc3)sc2c1. The highest BCUT2D eigenvalue weighted by Crippen LogP contribution is 2.26. The van der Waals surface area contributed by atoms with Gasteiger partial charge < -0.3 is 0 Å². The zero-order chi connectivity index (χ0) is 22.7. The van der Waals surface area contributed by atoms with Crippen LogP contribution in [0.25, 0.3) is 27.8 Å². The fraction of sp³-hybridized carbons (Fsp3) is 0.172. The Morgan fingerprint density at radius 2 is 1.56 bits per heavy atom. The summed E-state index contributed by atoms with van der Waals surface area (Å²) in [6.07, 6.45) is 6.45. The highest BCUT2D eigenvalue weighted by molar-refractivity contribution is 7.17. The molecule has 1 atom stereocenters. The molecule has 3 heteroatoms. The maximum Gasteiger partial charge on any atom is 0.123 e. The summed E-state index contributed by atoms with van der Waals surface area (Å²) in [6.45, 7) is 8.54. The fourth-order valence-corrected chi connectivity index (χ4v) is 5.30. The molecule has 0 N–H and O–H groups in total. The molecule has 0 bridgehead atoms. The minimum atomic E-state index is -0.243. The Balaban J connectivity index is 1.61. The van der Waals surface area contributed by atoms with Crippen LogP contribution in [0.1, 0.15) is 37.0 Å². The van der Waals surface area contributed by atoms with Crippen LogP contribution >= 0.6 is 11.3 Å². The number of benzene rings is 3. The molecule has 1 unspecified atom stereocenters. The van der Waals surface area contributed by atoms with E-state index in [-0.39, 0.29) is 11.6 Å².